The highest BCUT2D eigenvalue weighted by atomic mass is 16.3. The lowest BCUT2D eigenvalue weighted by atomic mass is 10.4. The summed E-state index contributed by atoms with van der Waals surface area (Å²) >= 11 is 0. The van der Waals surface area contributed by atoms with Crippen LogP contribution in [0.15, 0.2) is 36.7 Å². The van der Waals surface area contributed by atoms with Crippen molar-refractivity contribution in [2.75, 3.05) is 14.1 Å². The van der Waals surface area contributed by atoms with Gasteiger partial charge in [0.05, 0.1) is 12.3 Å². The van der Waals surface area contributed by atoms with E-state index in [4.69, 9.17) is 0 Å². The van der Waals surface area contributed by atoms with Crippen molar-refractivity contribution in [3.05, 3.63) is 48.0 Å². The minimum atomic E-state index is -0.178. The van der Waals surface area contributed by atoms with Crippen molar-refractivity contribution in [2.45, 2.75) is 6.61 Å². The normalized spacial score (nSPS) is 11.0. The first-order valence-corrected chi connectivity index (χ1v) is 6.46. The van der Waals surface area contributed by atoms with Crippen molar-refractivity contribution in [1.29, 1.82) is 0 Å². The Morgan fingerprint density at radius 3 is 2.81 bits per heavy atom. The molecular formula is C14H15N5O2. The smallest absolute Gasteiger partial charge is 0.273 e. The summed E-state index contributed by atoms with van der Waals surface area (Å²) in [6.07, 6.45) is 3.49. The number of carbonyl (C=O) groups is 1. The summed E-state index contributed by atoms with van der Waals surface area (Å²) in [7, 11) is 3.34. The minimum Gasteiger partial charge on any atom is -0.390 e. The van der Waals surface area contributed by atoms with Crippen molar-refractivity contribution in [1.82, 2.24) is 24.1 Å². The van der Waals surface area contributed by atoms with Crippen molar-refractivity contribution < 1.29 is 9.90 Å². The van der Waals surface area contributed by atoms with Crippen LogP contribution in [0.4, 0.5) is 0 Å². The van der Waals surface area contributed by atoms with Crippen LogP contribution < -0.4 is 0 Å². The number of pyridine rings is 1. The molecule has 0 saturated carbocycles. The zero-order chi connectivity index (χ0) is 15.0. The van der Waals surface area contributed by atoms with E-state index in [-0.39, 0.29) is 12.5 Å². The lowest BCUT2D eigenvalue weighted by Crippen LogP contribution is -2.22. The van der Waals surface area contributed by atoms with Crippen LogP contribution in [0.1, 0.15) is 16.2 Å². The van der Waals surface area contributed by atoms with Crippen molar-refractivity contribution >= 4 is 11.6 Å². The van der Waals surface area contributed by atoms with Gasteiger partial charge in [0.25, 0.3) is 5.91 Å². The van der Waals surface area contributed by atoms with Crippen LogP contribution >= 0.6 is 0 Å². The molecule has 1 N–H and O–H groups in total. The molecule has 3 rings (SSSR count). The van der Waals surface area contributed by atoms with Crippen LogP contribution in [0.3, 0.4) is 0 Å². The number of fused-ring (bicyclic) bond motifs is 1. The fourth-order valence-electron chi connectivity index (χ4n) is 2.15. The number of aromatic nitrogens is 4. The number of hydrogen-bond donors (Lipinski definition) is 1. The molecule has 3 aromatic heterocycles. The molecule has 7 nitrogen and oxygen atoms in total. The second kappa shape index (κ2) is 5.02. The van der Waals surface area contributed by atoms with Crippen LogP contribution in [0.2, 0.25) is 0 Å². The summed E-state index contributed by atoms with van der Waals surface area (Å²) in [5.41, 5.74) is 1.67. The molecule has 21 heavy (non-hydrogen) atoms. The second-order valence-corrected chi connectivity index (χ2v) is 4.81. The molecule has 0 aliphatic rings. The number of hydrogen-bond acceptors (Lipinski definition) is 4. The Hall–Kier alpha value is -2.67. The van der Waals surface area contributed by atoms with Gasteiger partial charge in [-0.2, -0.15) is 5.10 Å². The van der Waals surface area contributed by atoms with Crippen molar-refractivity contribution in [3.63, 3.8) is 0 Å². The molecule has 0 atom stereocenters. The van der Waals surface area contributed by atoms with Crippen LogP contribution in [0, 0.1) is 0 Å². The van der Waals surface area contributed by atoms with Crippen LogP contribution in [0.25, 0.3) is 11.5 Å². The number of imidazole rings is 1. The lowest BCUT2D eigenvalue weighted by molar-refractivity contribution is 0.0821. The molecule has 1 amide bonds. The van der Waals surface area contributed by atoms with Crippen molar-refractivity contribution in [3.8, 4) is 5.82 Å². The van der Waals surface area contributed by atoms with Crippen LogP contribution in [-0.4, -0.2) is 49.2 Å². The highest BCUT2D eigenvalue weighted by molar-refractivity contribution is 5.91. The van der Waals surface area contributed by atoms with Crippen LogP contribution in [-0.2, 0) is 6.61 Å². The van der Waals surface area contributed by atoms with E-state index in [1.807, 2.05) is 24.4 Å². The first-order chi connectivity index (χ1) is 10.1. The van der Waals surface area contributed by atoms with E-state index in [1.165, 1.54) is 9.58 Å². The van der Waals surface area contributed by atoms with Gasteiger partial charge in [0.15, 0.2) is 11.5 Å². The summed E-state index contributed by atoms with van der Waals surface area (Å²) in [5.74, 6) is 0.338. The molecule has 0 aliphatic heterocycles. The molecule has 0 radical (unpaired) electrons. The fourth-order valence-corrected chi connectivity index (χ4v) is 2.15. The number of aliphatic hydroxyl groups excluding tert-OH is 1. The van der Waals surface area contributed by atoms with Gasteiger partial charge in [-0.25, -0.2) is 9.67 Å². The van der Waals surface area contributed by atoms with Gasteiger partial charge in [-0.05, 0) is 18.2 Å². The molecule has 0 unspecified atom stereocenters. The average molecular weight is 285 g/mol. The maximum atomic E-state index is 11.9. The molecule has 0 aliphatic carbocycles. The third kappa shape index (κ3) is 2.17. The number of carbonyl (C=O) groups excluding carboxylic acids is 1. The Balaban J connectivity index is 2.10. The van der Waals surface area contributed by atoms with Crippen molar-refractivity contribution in [2.24, 2.45) is 0 Å². The predicted molar refractivity (Wildman–Crippen MR) is 76.3 cm³/mol. The molecule has 0 bridgehead atoms. The van der Waals surface area contributed by atoms with Crippen LogP contribution in [0.5, 0.6) is 0 Å². The number of aliphatic hydroxyl groups is 1. The lowest BCUT2D eigenvalue weighted by Gasteiger charge is -2.06. The summed E-state index contributed by atoms with van der Waals surface area (Å²) in [5, 5.41) is 13.8. The van der Waals surface area contributed by atoms with Gasteiger partial charge in [0.1, 0.15) is 5.65 Å². The van der Waals surface area contributed by atoms with E-state index < -0.39 is 0 Å². The maximum absolute atomic E-state index is 11.9. The van der Waals surface area contributed by atoms with E-state index in [9.17, 15) is 9.90 Å². The van der Waals surface area contributed by atoms with E-state index >= 15 is 0 Å². The zero-order valence-electron chi connectivity index (χ0n) is 11.8. The topological polar surface area (TPSA) is 75.7 Å². The number of nitrogens with zero attached hydrogens (tertiary/aromatic N) is 5. The third-order valence-electron chi connectivity index (χ3n) is 3.19. The summed E-state index contributed by atoms with van der Waals surface area (Å²) in [4.78, 5) is 17.8. The number of rotatable bonds is 3. The second-order valence-electron chi connectivity index (χ2n) is 4.81. The summed E-state index contributed by atoms with van der Waals surface area (Å²) < 4.78 is 3.31. The molecule has 108 valence electrons. The van der Waals surface area contributed by atoms with Gasteiger partial charge in [-0.15, -0.1) is 0 Å². The van der Waals surface area contributed by atoms with Gasteiger partial charge >= 0.3 is 0 Å². The predicted octanol–water partition coefficient (Wildman–Crippen LogP) is 0.714. The molecule has 0 aromatic carbocycles. The first-order valence-electron chi connectivity index (χ1n) is 6.46. The third-order valence-corrected chi connectivity index (χ3v) is 3.19. The Bertz CT molecular complexity index is 803. The molecule has 3 aromatic rings. The number of amides is 1. The van der Waals surface area contributed by atoms with E-state index in [0.717, 1.165) is 0 Å². The van der Waals surface area contributed by atoms with Gasteiger partial charge < -0.3 is 10.0 Å². The Morgan fingerprint density at radius 1 is 1.29 bits per heavy atom. The Kier molecular flexibility index (Phi) is 3.19. The van der Waals surface area contributed by atoms with Gasteiger partial charge in [-0.1, -0.05) is 6.07 Å². The molecule has 0 fully saturated rings. The highest BCUT2D eigenvalue weighted by Gasteiger charge is 2.16. The highest BCUT2D eigenvalue weighted by Crippen LogP contribution is 2.17. The van der Waals surface area contributed by atoms with Gasteiger partial charge in [0, 0.05) is 26.5 Å². The summed E-state index contributed by atoms with van der Waals surface area (Å²) in [6, 6.07) is 7.21. The van der Waals surface area contributed by atoms with Gasteiger partial charge in [0.2, 0.25) is 0 Å². The molecule has 0 saturated heterocycles. The summed E-state index contributed by atoms with van der Waals surface area (Å²) in [6.45, 7) is -0.169. The van der Waals surface area contributed by atoms with Gasteiger partial charge in [-0.3, -0.25) is 9.20 Å². The van der Waals surface area contributed by atoms with E-state index in [1.54, 1.807) is 30.8 Å². The Morgan fingerprint density at radius 2 is 2.10 bits per heavy atom. The molecular weight excluding hydrogens is 270 g/mol. The maximum Gasteiger partial charge on any atom is 0.273 e. The Labute approximate surface area is 121 Å². The minimum absolute atomic E-state index is 0.169. The standard InChI is InChI=1S/C14H15N5O2/c1-17(2)14(21)10-6-8-19(16-10)13-11(9-20)18-7-4-3-5-12(18)15-13/h3-8,20H,9H2,1-2H3. The quantitative estimate of drug-likeness (QED) is 0.769. The molecule has 7 heteroatoms. The monoisotopic (exact) mass is 285 g/mol. The first kappa shape index (κ1) is 13.3. The molecule has 0 spiro atoms. The SMILES string of the molecule is CN(C)C(=O)c1ccn(-c2nc3ccccn3c2CO)n1. The fraction of sp³-hybridized carbons (Fsp3) is 0.214. The average Bonchev–Trinajstić information content (AvgIpc) is 3.10. The zero-order valence-corrected chi connectivity index (χ0v) is 11.8. The largest absolute Gasteiger partial charge is 0.390 e. The van der Waals surface area contributed by atoms with E-state index in [2.05, 4.69) is 10.1 Å². The van der Waals surface area contributed by atoms with E-state index in [0.29, 0.717) is 22.9 Å². The molecule has 3 heterocycles.